The molecular formula is C22H20BrClN4O2. The van der Waals surface area contributed by atoms with Gasteiger partial charge in [0.1, 0.15) is 6.54 Å². The van der Waals surface area contributed by atoms with Gasteiger partial charge in [-0.2, -0.15) is 5.10 Å². The number of amides is 1. The number of halogens is 2. The Morgan fingerprint density at radius 3 is 2.43 bits per heavy atom. The highest BCUT2D eigenvalue weighted by Gasteiger charge is 2.22. The summed E-state index contributed by atoms with van der Waals surface area (Å²) in [6, 6.07) is 18.5. The van der Waals surface area contributed by atoms with Gasteiger partial charge < -0.3 is 9.80 Å². The molecule has 2 heterocycles. The lowest BCUT2D eigenvalue weighted by molar-refractivity contribution is -0.132. The lowest BCUT2D eigenvalue weighted by atomic mass is 10.1. The number of aromatic nitrogens is 2. The first kappa shape index (κ1) is 20.6. The van der Waals surface area contributed by atoms with Crippen LogP contribution in [-0.2, 0) is 11.3 Å². The van der Waals surface area contributed by atoms with Gasteiger partial charge in [-0.3, -0.25) is 9.59 Å². The van der Waals surface area contributed by atoms with E-state index in [1.54, 1.807) is 11.0 Å². The van der Waals surface area contributed by atoms with Crippen LogP contribution < -0.4 is 10.5 Å². The van der Waals surface area contributed by atoms with Gasteiger partial charge in [-0.25, -0.2) is 4.68 Å². The molecule has 0 N–H and O–H groups in total. The molecule has 3 aromatic rings. The minimum atomic E-state index is -0.290. The number of carbonyl (C=O) groups is 1. The van der Waals surface area contributed by atoms with Crippen molar-refractivity contribution in [2.45, 2.75) is 6.54 Å². The number of hydrogen-bond acceptors (Lipinski definition) is 4. The van der Waals surface area contributed by atoms with Gasteiger partial charge in [0.05, 0.1) is 5.69 Å². The van der Waals surface area contributed by atoms with Crippen molar-refractivity contribution < 1.29 is 4.79 Å². The lowest BCUT2D eigenvalue weighted by Crippen LogP contribution is -2.50. The zero-order chi connectivity index (χ0) is 21.1. The number of anilines is 1. The molecule has 1 saturated heterocycles. The quantitative estimate of drug-likeness (QED) is 0.563. The smallest absolute Gasteiger partial charge is 0.267 e. The summed E-state index contributed by atoms with van der Waals surface area (Å²) >= 11 is 9.40. The Balaban J connectivity index is 1.42. The van der Waals surface area contributed by atoms with Crippen LogP contribution in [0.1, 0.15) is 0 Å². The molecular weight excluding hydrogens is 468 g/mol. The summed E-state index contributed by atoms with van der Waals surface area (Å²) < 4.78 is 2.17. The van der Waals surface area contributed by atoms with Gasteiger partial charge in [0, 0.05) is 53.0 Å². The molecule has 154 valence electrons. The summed E-state index contributed by atoms with van der Waals surface area (Å²) in [5, 5.41) is 5.11. The van der Waals surface area contributed by atoms with E-state index in [9.17, 15) is 9.59 Å². The van der Waals surface area contributed by atoms with Crippen LogP contribution in [0, 0.1) is 0 Å². The predicted octanol–water partition coefficient (Wildman–Crippen LogP) is 3.68. The van der Waals surface area contributed by atoms with E-state index >= 15 is 0 Å². The van der Waals surface area contributed by atoms with Crippen LogP contribution in [0.4, 0.5) is 5.69 Å². The zero-order valence-corrected chi connectivity index (χ0v) is 18.5. The van der Waals surface area contributed by atoms with E-state index in [-0.39, 0.29) is 18.0 Å². The Kier molecular flexibility index (Phi) is 6.20. The number of benzene rings is 2. The molecule has 1 aliphatic rings. The molecule has 1 fully saturated rings. The maximum absolute atomic E-state index is 12.8. The van der Waals surface area contributed by atoms with E-state index in [1.807, 2.05) is 48.5 Å². The molecule has 0 atom stereocenters. The van der Waals surface area contributed by atoms with Gasteiger partial charge in [-0.05, 0) is 42.5 Å². The molecule has 0 spiro atoms. The standard InChI is InChI=1S/C22H20BrClN4O2/c23-17-3-1-2-16(14-17)20-8-9-21(29)28(25-20)15-22(30)27-12-10-26(11-13-27)19-6-4-18(24)5-7-19/h1-9,14H,10-13,15H2. The summed E-state index contributed by atoms with van der Waals surface area (Å²) in [6.07, 6.45) is 0. The Morgan fingerprint density at radius 2 is 1.73 bits per heavy atom. The molecule has 0 unspecified atom stereocenters. The van der Waals surface area contributed by atoms with Crippen LogP contribution in [0.15, 0.2) is 69.9 Å². The molecule has 0 bridgehead atoms. The molecule has 8 heteroatoms. The second kappa shape index (κ2) is 9.02. The highest BCUT2D eigenvalue weighted by molar-refractivity contribution is 9.10. The number of rotatable bonds is 4. The van der Waals surface area contributed by atoms with Crippen LogP contribution in [-0.4, -0.2) is 46.8 Å². The first-order chi connectivity index (χ1) is 14.5. The molecule has 1 aliphatic heterocycles. The average Bonchev–Trinajstić information content (AvgIpc) is 2.76. The molecule has 6 nitrogen and oxygen atoms in total. The van der Waals surface area contributed by atoms with Crippen LogP contribution in [0.25, 0.3) is 11.3 Å². The monoisotopic (exact) mass is 486 g/mol. The van der Waals surface area contributed by atoms with Crippen LogP contribution in [0.2, 0.25) is 5.02 Å². The average molecular weight is 488 g/mol. The number of hydrogen-bond donors (Lipinski definition) is 0. The normalized spacial score (nSPS) is 14.1. The largest absolute Gasteiger partial charge is 0.368 e. The first-order valence-electron chi connectivity index (χ1n) is 9.62. The molecule has 4 rings (SSSR count). The molecule has 0 aliphatic carbocycles. The molecule has 0 radical (unpaired) electrons. The van der Waals surface area contributed by atoms with E-state index < -0.39 is 0 Å². The van der Waals surface area contributed by atoms with Crippen molar-refractivity contribution in [1.82, 2.24) is 14.7 Å². The van der Waals surface area contributed by atoms with Gasteiger partial charge >= 0.3 is 0 Å². The fraction of sp³-hybridized carbons (Fsp3) is 0.227. The predicted molar refractivity (Wildman–Crippen MR) is 122 cm³/mol. The second-order valence-corrected chi connectivity index (χ2v) is 8.42. The van der Waals surface area contributed by atoms with E-state index in [0.29, 0.717) is 23.8 Å². The van der Waals surface area contributed by atoms with Gasteiger partial charge in [-0.1, -0.05) is 39.7 Å². The first-order valence-corrected chi connectivity index (χ1v) is 10.8. The third-order valence-electron chi connectivity index (χ3n) is 5.10. The number of piperazine rings is 1. The van der Waals surface area contributed by atoms with Gasteiger partial charge in [0.15, 0.2) is 0 Å². The highest BCUT2D eigenvalue weighted by Crippen LogP contribution is 2.21. The SMILES string of the molecule is O=C(Cn1nc(-c2cccc(Br)c2)ccc1=O)N1CCN(c2ccc(Cl)cc2)CC1. The Labute approximate surface area is 187 Å². The fourth-order valence-electron chi connectivity index (χ4n) is 3.46. The van der Waals surface area contributed by atoms with Crippen molar-refractivity contribution >= 4 is 39.1 Å². The van der Waals surface area contributed by atoms with Gasteiger partial charge in [0.25, 0.3) is 5.56 Å². The summed E-state index contributed by atoms with van der Waals surface area (Å²) in [4.78, 5) is 29.1. The molecule has 0 saturated carbocycles. The van der Waals surface area contributed by atoms with Crippen molar-refractivity contribution in [3.63, 3.8) is 0 Å². The Hall–Kier alpha value is -2.64. The van der Waals surface area contributed by atoms with Crippen molar-refractivity contribution in [3.8, 4) is 11.3 Å². The summed E-state index contributed by atoms with van der Waals surface area (Å²) in [6.45, 7) is 2.59. The van der Waals surface area contributed by atoms with Crippen molar-refractivity contribution in [2.24, 2.45) is 0 Å². The maximum atomic E-state index is 12.8. The van der Waals surface area contributed by atoms with Crippen LogP contribution in [0.3, 0.4) is 0 Å². The third kappa shape index (κ3) is 4.74. The highest BCUT2D eigenvalue weighted by atomic mass is 79.9. The number of nitrogens with zero attached hydrogens (tertiary/aromatic N) is 4. The van der Waals surface area contributed by atoms with Crippen molar-refractivity contribution in [2.75, 3.05) is 31.1 Å². The second-order valence-electron chi connectivity index (χ2n) is 7.07. The third-order valence-corrected chi connectivity index (χ3v) is 5.84. The Morgan fingerprint density at radius 1 is 1.00 bits per heavy atom. The van der Waals surface area contributed by atoms with Crippen molar-refractivity contribution in [1.29, 1.82) is 0 Å². The summed E-state index contributed by atoms with van der Waals surface area (Å²) in [7, 11) is 0. The van der Waals surface area contributed by atoms with Crippen LogP contribution in [0.5, 0.6) is 0 Å². The minimum absolute atomic E-state index is 0.0678. The molecule has 1 amide bonds. The van der Waals surface area contributed by atoms with Gasteiger partial charge in [-0.15, -0.1) is 0 Å². The topological polar surface area (TPSA) is 58.4 Å². The van der Waals surface area contributed by atoms with E-state index in [4.69, 9.17) is 11.6 Å². The van der Waals surface area contributed by atoms with E-state index in [0.717, 1.165) is 28.8 Å². The van der Waals surface area contributed by atoms with E-state index in [1.165, 1.54) is 10.7 Å². The molecule has 1 aromatic heterocycles. The van der Waals surface area contributed by atoms with E-state index in [2.05, 4.69) is 25.9 Å². The molecule has 2 aromatic carbocycles. The molecule has 30 heavy (non-hydrogen) atoms. The van der Waals surface area contributed by atoms with Gasteiger partial charge in [0.2, 0.25) is 5.91 Å². The Bertz CT molecular complexity index is 1110. The summed E-state index contributed by atoms with van der Waals surface area (Å²) in [5.74, 6) is -0.105. The number of carbonyl (C=O) groups excluding carboxylic acids is 1. The van der Waals surface area contributed by atoms with Crippen molar-refractivity contribution in [3.05, 3.63) is 80.5 Å². The minimum Gasteiger partial charge on any atom is -0.368 e. The zero-order valence-electron chi connectivity index (χ0n) is 16.2. The lowest BCUT2D eigenvalue weighted by Gasteiger charge is -2.36. The van der Waals surface area contributed by atoms with Crippen LogP contribution >= 0.6 is 27.5 Å². The fourth-order valence-corrected chi connectivity index (χ4v) is 3.98. The summed E-state index contributed by atoms with van der Waals surface area (Å²) in [5.41, 5.74) is 2.33. The maximum Gasteiger partial charge on any atom is 0.267 e.